The first-order chi connectivity index (χ1) is 12.5. The SMILES string of the molecule is C[C@@H]1CN(c2c(CO)nc3c(-c4cnc(Br)s4)noc3c2Cl)C[C@H](C)O1. The summed E-state index contributed by atoms with van der Waals surface area (Å²) >= 11 is 11.4. The first-order valence-corrected chi connectivity index (χ1v) is 10.1. The van der Waals surface area contributed by atoms with Gasteiger partial charge in [-0.15, -0.1) is 11.3 Å². The minimum absolute atomic E-state index is 0.0527. The summed E-state index contributed by atoms with van der Waals surface area (Å²) in [4.78, 5) is 11.7. The van der Waals surface area contributed by atoms with Crippen LogP contribution in [0.4, 0.5) is 5.69 Å². The summed E-state index contributed by atoms with van der Waals surface area (Å²) in [7, 11) is 0. The molecule has 7 nitrogen and oxygen atoms in total. The standard InChI is InChI=1S/C16H16BrClN4O3S/c1-7-4-22(5-8(2)24-7)14-9(6-23)20-13-12(10-3-19-16(17)26-10)21-25-15(13)11(14)18/h3,7-8,23H,4-6H2,1-2H3/t7-,8+. The monoisotopic (exact) mass is 458 g/mol. The number of hydrogen-bond donors (Lipinski definition) is 1. The lowest BCUT2D eigenvalue weighted by molar-refractivity contribution is -0.00533. The highest BCUT2D eigenvalue weighted by molar-refractivity contribution is 9.11. The molecule has 0 amide bonds. The highest BCUT2D eigenvalue weighted by Gasteiger charge is 2.29. The van der Waals surface area contributed by atoms with Crippen molar-refractivity contribution < 1.29 is 14.4 Å². The lowest BCUT2D eigenvalue weighted by Crippen LogP contribution is -2.46. The van der Waals surface area contributed by atoms with Crippen molar-refractivity contribution in [2.45, 2.75) is 32.7 Å². The van der Waals surface area contributed by atoms with Gasteiger partial charge in [0.1, 0.15) is 10.5 Å². The quantitative estimate of drug-likeness (QED) is 0.636. The van der Waals surface area contributed by atoms with Crippen molar-refractivity contribution in [1.29, 1.82) is 0 Å². The first-order valence-electron chi connectivity index (χ1n) is 8.08. The molecule has 4 heterocycles. The van der Waals surface area contributed by atoms with E-state index in [9.17, 15) is 5.11 Å². The van der Waals surface area contributed by atoms with E-state index >= 15 is 0 Å². The van der Waals surface area contributed by atoms with Crippen molar-refractivity contribution >= 4 is 55.7 Å². The number of aliphatic hydroxyl groups is 1. The number of aromatic nitrogens is 3. The topological polar surface area (TPSA) is 84.5 Å². The van der Waals surface area contributed by atoms with Gasteiger partial charge >= 0.3 is 0 Å². The van der Waals surface area contributed by atoms with Crippen LogP contribution in [0.3, 0.4) is 0 Å². The second-order valence-corrected chi connectivity index (χ2v) is 8.91. The van der Waals surface area contributed by atoms with Crippen molar-refractivity contribution in [3.63, 3.8) is 0 Å². The normalized spacial score (nSPS) is 20.9. The van der Waals surface area contributed by atoms with E-state index in [1.165, 1.54) is 11.3 Å². The highest BCUT2D eigenvalue weighted by Crippen LogP contribution is 2.41. The van der Waals surface area contributed by atoms with E-state index in [4.69, 9.17) is 20.9 Å². The Bertz CT molecular complexity index is 953. The lowest BCUT2D eigenvalue weighted by atomic mass is 10.1. The summed E-state index contributed by atoms with van der Waals surface area (Å²) in [5, 5.41) is 14.5. The number of nitrogens with zero attached hydrogens (tertiary/aromatic N) is 4. The van der Waals surface area contributed by atoms with Gasteiger partial charge in [0.25, 0.3) is 0 Å². The highest BCUT2D eigenvalue weighted by atomic mass is 79.9. The van der Waals surface area contributed by atoms with Crippen molar-refractivity contribution in [3.05, 3.63) is 20.8 Å². The zero-order valence-electron chi connectivity index (χ0n) is 14.1. The molecule has 3 aromatic rings. The van der Waals surface area contributed by atoms with E-state index in [0.29, 0.717) is 46.3 Å². The predicted molar refractivity (Wildman–Crippen MR) is 104 cm³/mol. The molecular formula is C16H16BrClN4O3S. The number of aliphatic hydroxyl groups excluding tert-OH is 1. The molecule has 10 heteroatoms. The average Bonchev–Trinajstić information content (AvgIpc) is 3.19. The zero-order chi connectivity index (χ0) is 18.4. The van der Waals surface area contributed by atoms with Gasteiger partial charge in [-0.2, -0.15) is 0 Å². The van der Waals surface area contributed by atoms with Gasteiger partial charge < -0.3 is 19.3 Å². The molecule has 1 N–H and O–H groups in total. The molecule has 2 atom stereocenters. The van der Waals surface area contributed by atoms with Crippen molar-refractivity contribution in [3.8, 4) is 10.6 Å². The van der Waals surface area contributed by atoms with Crippen molar-refractivity contribution in [2.24, 2.45) is 0 Å². The smallest absolute Gasteiger partial charge is 0.206 e. The Kier molecular flexibility index (Phi) is 4.91. The Labute approximate surface area is 167 Å². The number of fused-ring (bicyclic) bond motifs is 1. The molecule has 0 bridgehead atoms. The van der Waals surface area contributed by atoms with Crippen LogP contribution in [0.15, 0.2) is 14.6 Å². The van der Waals surface area contributed by atoms with Crippen LogP contribution in [-0.2, 0) is 11.3 Å². The molecular weight excluding hydrogens is 444 g/mol. The van der Waals surface area contributed by atoms with Gasteiger partial charge in [-0.3, -0.25) is 0 Å². The largest absolute Gasteiger partial charge is 0.390 e. The number of halogens is 2. The second-order valence-electron chi connectivity index (χ2n) is 6.23. The maximum atomic E-state index is 9.92. The van der Waals surface area contributed by atoms with E-state index in [-0.39, 0.29) is 18.8 Å². The summed E-state index contributed by atoms with van der Waals surface area (Å²) in [6.07, 6.45) is 1.80. The maximum absolute atomic E-state index is 9.92. The van der Waals surface area contributed by atoms with Gasteiger partial charge in [-0.25, -0.2) is 9.97 Å². The van der Waals surface area contributed by atoms with E-state index in [1.807, 2.05) is 13.8 Å². The fraction of sp³-hybridized carbons (Fsp3) is 0.438. The molecule has 26 heavy (non-hydrogen) atoms. The molecule has 1 fully saturated rings. The van der Waals surface area contributed by atoms with Crippen LogP contribution >= 0.6 is 38.9 Å². The van der Waals surface area contributed by atoms with Crippen LogP contribution in [0.5, 0.6) is 0 Å². The van der Waals surface area contributed by atoms with E-state index in [0.717, 1.165) is 8.79 Å². The number of rotatable bonds is 3. The van der Waals surface area contributed by atoms with Crippen LogP contribution < -0.4 is 4.90 Å². The minimum atomic E-state index is -0.234. The molecule has 0 aromatic carbocycles. The minimum Gasteiger partial charge on any atom is -0.390 e. The number of morpholine rings is 1. The third-order valence-corrected chi connectivity index (χ3v) is 6.02. The summed E-state index contributed by atoms with van der Waals surface area (Å²) in [5.74, 6) is 0. The van der Waals surface area contributed by atoms with Crippen LogP contribution in [0.1, 0.15) is 19.5 Å². The summed E-state index contributed by atoms with van der Waals surface area (Å²) in [6.45, 7) is 5.10. The molecule has 0 aliphatic carbocycles. The molecule has 3 aromatic heterocycles. The first kappa shape index (κ1) is 18.1. The van der Waals surface area contributed by atoms with Crippen molar-refractivity contribution in [1.82, 2.24) is 15.1 Å². The van der Waals surface area contributed by atoms with E-state index in [1.54, 1.807) is 6.20 Å². The van der Waals surface area contributed by atoms with E-state index < -0.39 is 0 Å². The van der Waals surface area contributed by atoms with Crippen LogP contribution in [0.25, 0.3) is 21.7 Å². The predicted octanol–water partition coefficient (Wildman–Crippen LogP) is 3.87. The third kappa shape index (κ3) is 3.11. The Morgan fingerprint density at radius 3 is 2.73 bits per heavy atom. The average molecular weight is 460 g/mol. The Morgan fingerprint density at radius 2 is 2.12 bits per heavy atom. The maximum Gasteiger partial charge on any atom is 0.206 e. The van der Waals surface area contributed by atoms with Crippen LogP contribution in [0, 0.1) is 0 Å². The molecule has 138 valence electrons. The fourth-order valence-corrected chi connectivity index (χ4v) is 4.87. The molecule has 4 rings (SSSR count). The zero-order valence-corrected chi connectivity index (χ0v) is 17.2. The van der Waals surface area contributed by atoms with Gasteiger partial charge in [-0.05, 0) is 29.8 Å². The molecule has 0 saturated carbocycles. The Balaban J connectivity index is 1.86. The lowest BCUT2D eigenvalue weighted by Gasteiger charge is -2.37. The fourth-order valence-electron chi connectivity index (χ4n) is 3.27. The number of anilines is 1. The molecule has 0 unspecified atom stereocenters. The summed E-state index contributed by atoms with van der Waals surface area (Å²) in [5.41, 5.74) is 2.67. The van der Waals surface area contributed by atoms with Gasteiger partial charge in [0.05, 0.1) is 35.1 Å². The second kappa shape index (κ2) is 7.05. The molecule has 1 saturated heterocycles. The Hall–Kier alpha value is -1.26. The number of hydrogen-bond acceptors (Lipinski definition) is 8. The molecule has 0 spiro atoms. The van der Waals surface area contributed by atoms with Gasteiger partial charge in [0.2, 0.25) is 5.58 Å². The third-order valence-electron chi connectivity index (χ3n) is 4.19. The van der Waals surface area contributed by atoms with Gasteiger partial charge in [-0.1, -0.05) is 16.8 Å². The number of thiazole rings is 1. The molecule has 1 aliphatic heterocycles. The number of pyridine rings is 1. The number of ether oxygens (including phenoxy) is 1. The Morgan fingerprint density at radius 1 is 1.38 bits per heavy atom. The van der Waals surface area contributed by atoms with Gasteiger partial charge in [0, 0.05) is 19.3 Å². The van der Waals surface area contributed by atoms with Crippen LogP contribution in [-0.4, -0.2) is 45.5 Å². The summed E-state index contributed by atoms with van der Waals surface area (Å²) in [6, 6.07) is 0. The van der Waals surface area contributed by atoms with Crippen LogP contribution in [0.2, 0.25) is 5.02 Å². The van der Waals surface area contributed by atoms with Crippen molar-refractivity contribution in [2.75, 3.05) is 18.0 Å². The van der Waals surface area contributed by atoms with E-state index in [2.05, 4.69) is 36.0 Å². The van der Waals surface area contributed by atoms with Gasteiger partial charge in [0.15, 0.2) is 9.61 Å². The molecule has 1 aliphatic rings. The molecule has 0 radical (unpaired) electrons. The summed E-state index contributed by atoms with van der Waals surface area (Å²) < 4.78 is 12.0.